The molecule has 0 saturated heterocycles. The number of aliphatic carboxylic acids is 1. The summed E-state index contributed by atoms with van der Waals surface area (Å²) in [6, 6.07) is 12.4. The minimum atomic E-state index is -0.961. The van der Waals surface area contributed by atoms with Gasteiger partial charge in [-0.25, -0.2) is 0 Å². The van der Waals surface area contributed by atoms with Crippen LogP contribution >= 0.6 is 0 Å². The van der Waals surface area contributed by atoms with Gasteiger partial charge in [-0.3, -0.25) is 14.6 Å². The summed E-state index contributed by atoms with van der Waals surface area (Å²) in [6.45, 7) is 0.0775. The Morgan fingerprint density at radius 2 is 2.00 bits per heavy atom. The summed E-state index contributed by atoms with van der Waals surface area (Å²) in [5.41, 5.74) is 1.16. The summed E-state index contributed by atoms with van der Waals surface area (Å²) >= 11 is 0. The van der Waals surface area contributed by atoms with Gasteiger partial charge in [0.1, 0.15) is 0 Å². The third-order valence-corrected chi connectivity index (χ3v) is 3.35. The first-order valence-corrected chi connectivity index (χ1v) is 7.08. The molecule has 1 aromatic carbocycles. The number of carbonyl (C=O) groups is 2. The number of amides is 1. The van der Waals surface area contributed by atoms with Crippen molar-refractivity contribution < 1.29 is 19.4 Å². The smallest absolute Gasteiger partial charge is 0.305 e. The monoisotopic (exact) mass is 310 g/mol. The van der Waals surface area contributed by atoms with Crippen molar-refractivity contribution in [3.63, 3.8) is 0 Å². The topological polar surface area (TPSA) is 79.7 Å². The fourth-order valence-electron chi connectivity index (χ4n) is 2.29. The zero-order valence-electron chi connectivity index (χ0n) is 12.2. The highest BCUT2D eigenvalue weighted by molar-refractivity contribution is 6.09. The molecule has 0 fully saturated rings. The van der Waals surface area contributed by atoms with Gasteiger partial charge in [-0.2, -0.15) is 0 Å². The fourth-order valence-corrected chi connectivity index (χ4v) is 2.29. The van der Waals surface area contributed by atoms with Crippen LogP contribution in [0.3, 0.4) is 0 Å². The van der Waals surface area contributed by atoms with E-state index in [4.69, 9.17) is 9.84 Å². The Morgan fingerprint density at radius 3 is 2.74 bits per heavy atom. The average Bonchev–Trinajstić information content (AvgIpc) is 2.56. The second-order valence-electron chi connectivity index (χ2n) is 4.93. The lowest BCUT2D eigenvalue weighted by atomic mass is 10.2. The van der Waals surface area contributed by atoms with Crippen molar-refractivity contribution in [3.05, 3.63) is 60.1 Å². The molecule has 0 saturated carbocycles. The molecule has 1 amide bonds. The summed E-state index contributed by atoms with van der Waals surface area (Å²) in [7, 11) is 0. The van der Waals surface area contributed by atoms with Gasteiger partial charge >= 0.3 is 5.97 Å². The van der Waals surface area contributed by atoms with E-state index < -0.39 is 5.97 Å². The molecule has 0 atom stereocenters. The van der Waals surface area contributed by atoms with E-state index in [1.807, 2.05) is 6.07 Å². The molecular formula is C17H14N2O4. The summed E-state index contributed by atoms with van der Waals surface area (Å²) in [6.07, 6.45) is 3.03. The van der Waals surface area contributed by atoms with Gasteiger partial charge in [0.05, 0.1) is 17.8 Å². The third-order valence-electron chi connectivity index (χ3n) is 3.35. The van der Waals surface area contributed by atoms with Crippen molar-refractivity contribution in [2.75, 3.05) is 11.4 Å². The molecule has 1 aromatic heterocycles. The molecule has 1 aliphatic rings. The molecule has 0 spiro atoms. The number of hydrogen-bond donors (Lipinski definition) is 1. The van der Waals surface area contributed by atoms with E-state index in [0.29, 0.717) is 17.1 Å². The standard InChI is InChI=1S/C17H14N2O4/c20-16(21)8-10-19-13-6-1-2-7-14(13)23-15(17(19)22)11-12-5-3-4-9-18-12/h1-7,9,11H,8,10H2,(H,20,21)/b15-11+. The highest BCUT2D eigenvalue weighted by atomic mass is 16.5. The van der Waals surface area contributed by atoms with E-state index in [0.717, 1.165) is 0 Å². The molecule has 6 heteroatoms. The van der Waals surface area contributed by atoms with E-state index in [1.165, 1.54) is 4.90 Å². The number of aromatic nitrogens is 1. The summed E-state index contributed by atoms with van der Waals surface area (Å²) in [5.74, 6) is -0.708. The van der Waals surface area contributed by atoms with Gasteiger partial charge in [-0.05, 0) is 24.3 Å². The van der Waals surface area contributed by atoms with Gasteiger partial charge in [0.15, 0.2) is 11.5 Å². The van der Waals surface area contributed by atoms with Gasteiger partial charge < -0.3 is 14.7 Å². The van der Waals surface area contributed by atoms with Gasteiger partial charge in [0.2, 0.25) is 0 Å². The van der Waals surface area contributed by atoms with Gasteiger partial charge in [0.25, 0.3) is 5.91 Å². The van der Waals surface area contributed by atoms with Crippen LogP contribution in [0.1, 0.15) is 12.1 Å². The Bertz CT molecular complexity index is 771. The summed E-state index contributed by atoms with van der Waals surface area (Å²) in [4.78, 5) is 29.0. The lowest BCUT2D eigenvalue weighted by Gasteiger charge is -2.30. The molecule has 0 aliphatic carbocycles. The zero-order chi connectivity index (χ0) is 16.2. The Labute approximate surface area is 132 Å². The maximum Gasteiger partial charge on any atom is 0.305 e. The number of rotatable bonds is 4. The zero-order valence-corrected chi connectivity index (χ0v) is 12.2. The molecule has 2 aromatic rings. The first-order chi connectivity index (χ1) is 11.1. The fraction of sp³-hybridized carbons (Fsp3) is 0.118. The molecule has 1 aliphatic heterocycles. The second-order valence-corrected chi connectivity index (χ2v) is 4.93. The Balaban J connectivity index is 1.97. The predicted octanol–water partition coefficient (Wildman–Crippen LogP) is 2.32. The number of pyridine rings is 1. The van der Waals surface area contributed by atoms with E-state index in [-0.39, 0.29) is 24.6 Å². The molecule has 23 heavy (non-hydrogen) atoms. The van der Waals surface area contributed by atoms with E-state index in [9.17, 15) is 9.59 Å². The van der Waals surface area contributed by atoms with E-state index in [2.05, 4.69) is 4.98 Å². The summed E-state index contributed by atoms with van der Waals surface area (Å²) < 4.78 is 5.67. The Morgan fingerprint density at radius 1 is 1.22 bits per heavy atom. The number of carbonyl (C=O) groups excluding carboxylic acids is 1. The van der Waals surface area contributed by atoms with Crippen molar-refractivity contribution >= 4 is 23.6 Å². The average molecular weight is 310 g/mol. The molecule has 2 heterocycles. The predicted molar refractivity (Wildman–Crippen MR) is 83.9 cm³/mol. The molecule has 0 bridgehead atoms. The quantitative estimate of drug-likeness (QED) is 0.877. The van der Waals surface area contributed by atoms with Gasteiger partial charge in [-0.1, -0.05) is 18.2 Å². The van der Waals surface area contributed by atoms with Crippen LogP contribution in [-0.2, 0) is 9.59 Å². The SMILES string of the molecule is O=C(O)CCN1C(=O)/C(=C\c2ccccn2)Oc2ccccc21. The molecule has 0 unspecified atom stereocenters. The van der Waals surface area contributed by atoms with Crippen molar-refractivity contribution in [2.24, 2.45) is 0 Å². The van der Waals surface area contributed by atoms with Crippen LogP contribution in [0.2, 0.25) is 0 Å². The van der Waals surface area contributed by atoms with Crippen molar-refractivity contribution in [1.29, 1.82) is 0 Å². The number of nitrogens with zero attached hydrogens (tertiary/aromatic N) is 2. The number of carboxylic acids is 1. The first kappa shape index (κ1) is 14.8. The minimum Gasteiger partial charge on any atom is -0.481 e. The molecule has 3 rings (SSSR count). The normalized spacial score (nSPS) is 15.2. The number of ether oxygens (including phenoxy) is 1. The van der Waals surface area contributed by atoms with Crippen LogP contribution < -0.4 is 9.64 Å². The molecule has 6 nitrogen and oxygen atoms in total. The third kappa shape index (κ3) is 3.21. The van der Waals surface area contributed by atoms with Crippen LogP contribution in [-0.4, -0.2) is 28.5 Å². The number of para-hydroxylation sites is 2. The van der Waals surface area contributed by atoms with E-state index >= 15 is 0 Å². The van der Waals surface area contributed by atoms with Crippen molar-refractivity contribution in [3.8, 4) is 5.75 Å². The molecule has 0 radical (unpaired) electrons. The van der Waals surface area contributed by atoms with Gasteiger partial charge in [0, 0.05) is 18.8 Å². The second kappa shape index (κ2) is 6.31. The van der Waals surface area contributed by atoms with Crippen LogP contribution in [0.4, 0.5) is 5.69 Å². The maximum absolute atomic E-state index is 12.6. The highest BCUT2D eigenvalue weighted by Gasteiger charge is 2.30. The molecule has 116 valence electrons. The Kier molecular flexibility index (Phi) is 4.05. The number of benzene rings is 1. The van der Waals surface area contributed by atoms with Crippen molar-refractivity contribution in [1.82, 2.24) is 4.98 Å². The van der Waals surface area contributed by atoms with Gasteiger partial charge in [-0.15, -0.1) is 0 Å². The largest absolute Gasteiger partial charge is 0.481 e. The molecule has 1 N–H and O–H groups in total. The van der Waals surface area contributed by atoms with Crippen LogP contribution in [0.15, 0.2) is 54.4 Å². The van der Waals surface area contributed by atoms with Crippen molar-refractivity contribution in [2.45, 2.75) is 6.42 Å². The number of hydrogen-bond acceptors (Lipinski definition) is 4. The lowest BCUT2D eigenvalue weighted by molar-refractivity contribution is -0.136. The maximum atomic E-state index is 12.6. The molecular weight excluding hydrogens is 296 g/mol. The number of carboxylic acid groups (broad SMARTS) is 1. The first-order valence-electron chi connectivity index (χ1n) is 7.08. The lowest BCUT2D eigenvalue weighted by Crippen LogP contribution is -2.38. The summed E-state index contributed by atoms with van der Waals surface area (Å²) in [5, 5.41) is 8.89. The van der Waals surface area contributed by atoms with Crippen LogP contribution in [0.25, 0.3) is 6.08 Å². The Hall–Kier alpha value is -3.15. The highest BCUT2D eigenvalue weighted by Crippen LogP contribution is 2.35. The van der Waals surface area contributed by atoms with E-state index in [1.54, 1.807) is 48.7 Å². The number of anilines is 1. The van der Waals surface area contributed by atoms with Crippen LogP contribution in [0.5, 0.6) is 5.75 Å². The van der Waals surface area contributed by atoms with Crippen LogP contribution in [0, 0.1) is 0 Å². The minimum absolute atomic E-state index is 0.0775. The number of fused-ring (bicyclic) bond motifs is 1.